The van der Waals surface area contributed by atoms with Crippen molar-refractivity contribution in [1.82, 2.24) is 14.8 Å². The van der Waals surface area contributed by atoms with Gasteiger partial charge in [-0.15, -0.1) is 10.2 Å². The summed E-state index contributed by atoms with van der Waals surface area (Å²) < 4.78 is 25.2. The van der Waals surface area contributed by atoms with E-state index in [1.165, 1.54) is 36.1 Å². The molecule has 1 aromatic carbocycles. The molecule has 27 heavy (non-hydrogen) atoms. The highest BCUT2D eigenvalue weighted by Gasteiger charge is 2.12. The normalized spacial score (nSPS) is 10.6. The largest absolute Gasteiger partial charge is 0.494 e. The number of benzene rings is 1. The molecule has 0 radical (unpaired) electrons. The molecule has 0 aliphatic rings. The van der Waals surface area contributed by atoms with E-state index in [0.29, 0.717) is 17.9 Å². The first kappa shape index (κ1) is 18.3. The first-order chi connectivity index (χ1) is 13.0. The van der Waals surface area contributed by atoms with Crippen molar-refractivity contribution < 1.29 is 18.3 Å². The van der Waals surface area contributed by atoms with Crippen molar-refractivity contribution in [2.24, 2.45) is 0 Å². The number of carbonyl (C=O) groups is 1. The monoisotopic (exact) mass is 372 g/mol. The number of aryl methyl sites for hydroxylation is 1. The molecular weight excluding hydrogens is 355 g/mol. The second-order valence-electron chi connectivity index (χ2n) is 5.64. The Morgan fingerprint density at radius 2 is 2.11 bits per heavy atom. The van der Waals surface area contributed by atoms with Crippen LogP contribution in [0.3, 0.4) is 0 Å². The summed E-state index contributed by atoms with van der Waals surface area (Å²) >= 11 is 0. The summed E-state index contributed by atoms with van der Waals surface area (Å²) in [6.45, 7) is 1.62. The van der Waals surface area contributed by atoms with E-state index in [4.69, 9.17) is 9.15 Å². The number of carbonyl (C=O) groups excluding carboxylic acids is 1. The van der Waals surface area contributed by atoms with Gasteiger partial charge in [-0.2, -0.15) is 0 Å². The Hall–Kier alpha value is -3.49. The van der Waals surface area contributed by atoms with E-state index in [1.54, 1.807) is 6.07 Å². The summed E-state index contributed by atoms with van der Waals surface area (Å²) in [4.78, 5) is 24.3. The van der Waals surface area contributed by atoms with E-state index in [9.17, 15) is 14.0 Å². The van der Waals surface area contributed by atoms with Crippen molar-refractivity contribution in [2.45, 2.75) is 19.9 Å². The molecule has 0 aliphatic heterocycles. The number of rotatable bonds is 6. The number of nitrogens with zero attached hydrogens (tertiary/aromatic N) is 3. The molecule has 0 atom stereocenters. The standard InChI is InChI=1S/C18H17FN4O4/c1-3-16-21-22-18(27-16)11-4-7-17(25)23(9-11)10-15(24)20-12-5-6-14(26-2)13(19)8-12/h4-9H,3,10H2,1-2H3,(H,20,24). The van der Waals surface area contributed by atoms with E-state index < -0.39 is 11.7 Å². The molecule has 0 fully saturated rings. The number of halogens is 1. The summed E-state index contributed by atoms with van der Waals surface area (Å²) in [7, 11) is 1.35. The molecule has 8 nitrogen and oxygen atoms in total. The van der Waals surface area contributed by atoms with Crippen LogP contribution in [0.15, 0.2) is 45.7 Å². The Bertz CT molecular complexity index is 1030. The Kier molecular flexibility index (Phi) is 5.30. The Morgan fingerprint density at radius 3 is 2.78 bits per heavy atom. The fourth-order valence-corrected chi connectivity index (χ4v) is 2.39. The maximum absolute atomic E-state index is 13.7. The zero-order chi connectivity index (χ0) is 19.4. The van der Waals surface area contributed by atoms with Crippen LogP contribution in [0.5, 0.6) is 5.75 Å². The number of pyridine rings is 1. The van der Waals surface area contributed by atoms with E-state index in [2.05, 4.69) is 15.5 Å². The molecule has 1 amide bonds. The number of anilines is 1. The van der Waals surface area contributed by atoms with Gasteiger partial charge in [0, 0.05) is 30.4 Å². The second kappa shape index (κ2) is 7.81. The van der Waals surface area contributed by atoms with E-state index in [1.807, 2.05) is 6.92 Å². The summed E-state index contributed by atoms with van der Waals surface area (Å²) in [6.07, 6.45) is 2.05. The van der Waals surface area contributed by atoms with Gasteiger partial charge in [-0.1, -0.05) is 6.92 Å². The highest BCUT2D eigenvalue weighted by molar-refractivity contribution is 5.90. The van der Waals surface area contributed by atoms with Crippen LogP contribution in [-0.4, -0.2) is 27.8 Å². The number of hydrogen-bond donors (Lipinski definition) is 1. The van der Waals surface area contributed by atoms with Gasteiger partial charge in [-0.25, -0.2) is 4.39 Å². The van der Waals surface area contributed by atoms with Crippen LogP contribution in [0, 0.1) is 5.82 Å². The van der Waals surface area contributed by atoms with Crippen LogP contribution in [0.1, 0.15) is 12.8 Å². The van der Waals surface area contributed by atoms with Crippen molar-refractivity contribution >= 4 is 11.6 Å². The van der Waals surface area contributed by atoms with Crippen LogP contribution in [0.25, 0.3) is 11.5 Å². The highest BCUT2D eigenvalue weighted by atomic mass is 19.1. The lowest BCUT2D eigenvalue weighted by Crippen LogP contribution is -2.26. The number of nitrogens with one attached hydrogen (secondary N) is 1. The molecule has 1 N–H and O–H groups in total. The molecule has 2 heterocycles. The maximum atomic E-state index is 13.7. The van der Waals surface area contributed by atoms with Gasteiger partial charge in [0.2, 0.25) is 17.7 Å². The van der Waals surface area contributed by atoms with Gasteiger partial charge in [-0.3, -0.25) is 9.59 Å². The predicted molar refractivity (Wildman–Crippen MR) is 95.0 cm³/mol. The molecule has 0 unspecified atom stereocenters. The van der Waals surface area contributed by atoms with Crippen molar-refractivity contribution in [2.75, 3.05) is 12.4 Å². The van der Waals surface area contributed by atoms with Crippen molar-refractivity contribution in [1.29, 1.82) is 0 Å². The summed E-state index contributed by atoms with van der Waals surface area (Å²) in [6, 6.07) is 6.90. The first-order valence-corrected chi connectivity index (χ1v) is 8.16. The fraction of sp³-hybridized carbons (Fsp3) is 0.222. The average Bonchev–Trinajstić information content (AvgIpc) is 3.13. The van der Waals surface area contributed by atoms with E-state index >= 15 is 0 Å². The SMILES string of the molecule is CCc1nnc(-c2ccc(=O)n(CC(=O)Nc3ccc(OC)c(F)c3)c2)o1. The average molecular weight is 372 g/mol. The number of ether oxygens (including phenoxy) is 1. The van der Waals surface area contributed by atoms with Gasteiger partial charge in [0.05, 0.1) is 12.7 Å². The zero-order valence-corrected chi connectivity index (χ0v) is 14.7. The topological polar surface area (TPSA) is 99.2 Å². The molecule has 2 aromatic heterocycles. The molecule has 140 valence electrons. The minimum Gasteiger partial charge on any atom is -0.494 e. The molecule has 0 aliphatic carbocycles. The Balaban J connectivity index is 1.76. The lowest BCUT2D eigenvalue weighted by atomic mass is 10.2. The van der Waals surface area contributed by atoms with Crippen LogP contribution >= 0.6 is 0 Å². The lowest BCUT2D eigenvalue weighted by molar-refractivity contribution is -0.116. The minimum atomic E-state index is -0.599. The number of aromatic nitrogens is 3. The minimum absolute atomic E-state index is 0.0722. The maximum Gasteiger partial charge on any atom is 0.251 e. The molecule has 0 spiro atoms. The van der Waals surface area contributed by atoms with Gasteiger partial charge in [-0.05, 0) is 18.2 Å². The summed E-state index contributed by atoms with van der Waals surface area (Å²) in [5, 5.41) is 10.3. The van der Waals surface area contributed by atoms with Gasteiger partial charge in [0.15, 0.2) is 11.6 Å². The number of amides is 1. The van der Waals surface area contributed by atoms with Gasteiger partial charge in [0.25, 0.3) is 5.56 Å². The molecule has 3 aromatic rings. The predicted octanol–water partition coefficient (Wildman–Crippen LogP) is 2.25. The second-order valence-corrected chi connectivity index (χ2v) is 5.64. The molecule has 0 saturated carbocycles. The number of hydrogen-bond acceptors (Lipinski definition) is 6. The third kappa shape index (κ3) is 4.20. The third-order valence-electron chi connectivity index (χ3n) is 3.75. The zero-order valence-electron chi connectivity index (χ0n) is 14.7. The van der Waals surface area contributed by atoms with E-state index in [-0.39, 0.29) is 29.4 Å². The van der Waals surface area contributed by atoms with Crippen molar-refractivity contribution in [3.8, 4) is 17.2 Å². The van der Waals surface area contributed by atoms with Crippen molar-refractivity contribution in [3.05, 3.63) is 58.6 Å². The first-order valence-electron chi connectivity index (χ1n) is 8.16. The van der Waals surface area contributed by atoms with Crippen molar-refractivity contribution in [3.63, 3.8) is 0 Å². The van der Waals surface area contributed by atoms with Crippen LogP contribution in [0.4, 0.5) is 10.1 Å². The van der Waals surface area contributed by atoms with Crippen LogP contribution in [0.2, 0.25) is 0 Å². The van der Waals surface area contributed by atoms with Gasteiger partial charge >= 0.3 is 0 Å². The summed E-state index contributed by atoms with van der Waals surface area (Å²) in [5.41, 5.74) is 0.405. The smallest absolute Gasteiger partial charge is 0.251 e. The highest BCUT2D eigenvalue weighted by Crippen LogP contribution is 2.20. The Morgan fingerprint density at radius 1 is 1.30 bits per heavy atom. The van der Waals surface area contributed by atoms with E-state index in [0.717, 1.165) is 6.07 Å². The quantitative estimate of drug-likeness (QED) is 0.712. The van der Waals surface area contributed by atoms with Crippen LogP contribution < -0.4 is 15.6 Å². The van der Waals surface area contributed by atoms with Gasteiger partial charge < -0.3 is 19.0 Å². The number of methoxy groups -OCH3 is 1. The molecule has 0 bridgehead atoms. The van der Waals surface area contributed by atoms with Crippen LogP contribution in [-0.2, 0) is 17.8 Å². The Labute approximate surface area is 153 Å². The molecular formula is C18H17FN4O4. The molecule has 3 rings (SSSR count). The third-order valence-corrected chi connectivity index (χ3v) is 3.75. The molecule has 9 heteroatoms. The molecule has 0 saturated heterocycles. The summed E-state index contributed by atoms with van der Waals surface area (Å²) in [5.74, 6) is -0.278. The fourth-order valence-electron chi connectivity index (χ4n) is 2.39. The van der Waals surface area contributed by atoms with Gasteiger partial charge in [0.1, 0.15) is 6.54 Å². The lowest BCUT2D eigenvalue weighted by Gasteiger charge is -2.09.